The maximum absolute atomic E-state index is 14.2. The summed E-state index contributed by atoms with van der Waals surface area (Å²) in [6.07, 6.45) is 3.67. The summed E-state index contributed by atoms with van der Waals surface area (Å²) in [5.41, 5.74) is 5.49. The molecule has 4 aromatic carbocycles. The number of nitrogens with zero attached hydrogens (tertiary/aromatic N) is 2. The van der Waals surface area contributed by atoms with Crippen molar-refractivity contribution >= 4 is 91.0 Å². The lowest BCUT2D eigenvalue weighted by atomic mass is 9.99. The molecule has 1 amide bonds. The van der Waals surface area contributed by atoms with Gasteiger partial charge in [-0.25, -0.2) is 17.6 Å². The van der Waals surface area contributed by atoms with E-state index >= 15 is 0 Å². The van der Waals surface area contributed by atoms with Gasteiger partial charge in [-0.2, -0.15) is 0 Å². The number of fused-ring (bicyclic) bond motifs is 2. The summed E-state index contributed by atoms with van der Waals surface area (Å²) in [4.78, 5) is 68.0. The summed E-state index contributed by atoms with van der Waals surface area (Å²) >= 11 is 0. The standard InChI is InChI=1S/C30H30F2N2O5.C24H22F2O5.C8H18N2O.H11P9/c1-18(2)33-17-30(13-21(30)15-35)34-14-23(25(36)11-9-20-8-10-22(31)12-24(20)32)27(37)28(26(34)29(33)38)39-16-19-6-4-3-5-7-19;1-2-29-15-22-24(31-13-16-6-4-3-5-7-16)23(28)19(14-30-22)21(27)11-9-17-8-10-18(25)12-20(17)26;1-6(2)10-5-8(9)3-7(8)4-11;1-6-9(7(2)3)8(4)5/h3-8,10,12,14,18,21,35H,9,11,13,15-17H2,1-2H3;3-8,10,12,14H,2,9,11,13,15H2,1H3;6-7,10-11H,3-5,9H2,1-2H3;6H,1-5H2/t21-,30+;;7-,8+;/m0.0./s1. The first-order valence-electron chi connectivity index (χ1n) is 29.0. The molecule has 90 heavy (non-hydrogen) atoms. The van der Waals surface area contributed by atoms with Gasteiger partial charge in [0.25, 0.3) is 5.91 Å². The zero-order valence-corrected chi connectivity index (χ0v) is 60.3. The Hall–Kier alpha value is -3.42. The van der Waals surface area contributed by atoms with Crippen molar-refractivity contribution in [1.82, 2.24) is 14.8 Å². The van der Waals surface area contributed by atoms with Gasteiger partial charge in [0.05, 0.1) is 11.1 Å². The van der Waals surface area contributed by atoms with Crippen LogP contribution in [0.5, 0.6) is 11.5 Å². The molecule has 28 heteroatoms. The van der Waals surface area contributed by atoms with E-state index in [9.17, 15) is 46.6 Å². The summed E-state index contributed by atoms with van der Waals surface area (Å²) in [6, 6.07) is 25.0. The molecule has 3 aliphatic rings. The predicted molar refractivity (Wildman–Crippen MR) is 373 cm³/mol. The number of Topliss-reactive ketones (excluding diaryl/α,β-unsaturated/α-hetero) is 2. The van der Waals surface area contributed by atoms with Crippen LogP contribution in [0.2, 0.25) is 0 Å². The minimum atomic E-state index is -0.765. The van der Waals surface area contributed by atoms with Crippen molar-refractivity contribution < 1.29 is 60.8 Å². The van der Waals surface area contributed by atoms with Gasteiger partial charge in [0.15, 0.2) is 28.8 Å². The monoisotopic (exact) mass is 1410 g/mol. The van der Waals surface area contributed by atoms with Crippen LogP contribution in [-0.2, 0) is 42.9 Å². The third kappa shape index (κ3) is 20.8. The Bertz CT molecular complexity index is 3500. The lowest BCUT2D eigenvalue weighted by molar-refractivity contribution is 0.0548. The molecule has 5 N–H and O–H groups in total. The fourth-order valence-electron chi connectivity index (χ4n) is 9.86. The SMILES string of the molecule is CC(C)N1C[C@@]2(C[C@H]2CO)n2cc(C(=O)CCc3ccc(F)cc3F)c(=O)c(OCc3ccccc3)c2C1=O.CC(C)NC[C@]1(N)C[C@H]1CO.CCOCc1occ(C(=O)CCc2ccc(F)cc2F)c(=O)c1OCc1ccccc1.PPP(P(P)P)P(P)P. The Balaban J connectivity index is 0.000000223. The minimum Gasteiger partial charge on any atom is -0.483 e. The van der Waals surface area contributed by atoms with E-state index in [1.165, 1.54) is 18.3 Å². The van der Waals surface area contributed by atoms with Gasteiger partial charge in [-0.15, -0.1) is 44.6 Å². The number of nitrogens with two attached hydrogens (primary N) is 1. The normalized spacial score (nSPS) is 18.1. The molecule has 3 heterocycles. The number of rotatable bonds is 26. The van der Waals surface area contributed by atoms with E-state index in [1.54, 1.807) is 16.4 Å². The number of hydrogen-bond donors (Lipinski definition) is 4. The van der Waals surface area contributed by atoms with Crippen molar-refractivity contribution in [3.8, 4) is 11.5 Å². The molecule has 9 rings (SSSR count). The van der Waals surface area contributed by atoms with Crippen molar-refractivity contribution in [2.75, 3.05) is 32.9 Å². The first-order chi connectivity index (χ1) is 42.8. The molecule has 6 aromatic rings. The highest BCUT2D eigenvalue weighted by Gasteiger charge is 2.61. The molecule has 10 atom stereocenters. The average Bonchev–Trinajstić information content (AvgIpc) is 1.51. The average molecular weight is 1410 g/mol. The number of nitrogens with one attached hydrogen (secondary N) is 1. The first kappa shape index (κ1) is 75.6. The van der Waals surface area contributed by atoms with Crippen LogP contribution >= 0.6 is 73.6 Å². The van der Waals surface area contributed by atoms with E-state index < -0.39 is 51.2 Å². The second kappa shape index (κ2) is 35.9. The number of halogens is 4. The topological polar surface area (TPSA) is 213 Å². The molecule has 488 valence electrons. The molecule has 6 unspecified atom stereocenters. The molecule has 2 aromatic heterocycles. The van der Waals surface area contributed by atoms with Gasteiger partial charge in [0.2, 0.25) is 16.6 Å². The summed E-state index contributed by atoms with van der Waals surface area (Å²) in [7, 11) is 15.6. The van der Waals surface area contributed by atoms with Gasteiger partial charge >= 0.3 is 0 Å². The summed E-state index contributed by atoms with van der Waals surface area (Å²) < 4.78 is 78.5. The van der Waals surface area contributed by atoms with Gasteiger partial charge in [-0.05, 0) is 102 Å². The van der Waals surface area contributed by atoms with E-state index in [2.05, 4.69) is 63.8 Å². The van der Waals surface area contributed by atoms with Crippen LogP contribution in [0, 0.1) is 35.1 Å². The Morgan fingerprint density at radius 3 is 1.69 bits per heavy atom. The highest BCUT2D eigenvalue weighted by molar-refractivity contribution is 9.10. The number of carbonyl (C=O) groups excluding carboxylic acids is 3. The van der Waals surface area contributed by atoms with Gasteiger partial charge in [0.1, 0.15) is 54.9 Å². The Kier molecular flexibility index (Phi) is 30.2. The molecule has 2 fully saturated rings. The molecule has 0 bridgehead atoms. The first-order valence-corrected chi connectivity index (χ1v) is 44.6. The molecular formula is C62H81F4N4O11P9. The number of amides is 1. The highest BCUT2D eigenvalue weighted by atomic mass is 33.2. The Morgan fingerprint density at radius 1 is 0.744 bits per heavy atom. The maximum Gasteiger partial charge on any atom is 0.274 e. The number of aryl methyl sites for hydroxylation is 2. The number of pyridine rings is 1. The molecule has 2 aliphatic carbocycles. The number of aliphatic hydroxyl groups is 2. The summed E-state index contributed by atoms with van der Waals surface area (Å²) in [5.74, 6) is -4.31. The highest BCUT2D eigenvalue weighted by Crippen LogP contribution is 3.04. The molecule has 2 saturated carbocycles. The fraction of sp³-hybridized carbons (Fsp3) is 0.403. The number of hydrogen-bond acceptors (Lipinski definition) is 13. The zero-order valence-electron chi connectivity index (χ0n) is 50.9. The van der Waals surface area contributed by atoms with Crippen molar-refractivity contribution in [2.45, 2.75) is 116 Å². The molecule has 1 aliphatic heterocycles. The fourth-order valence-corrected chi connectivity index (χ4v) is 71.0. The van der Waals surface area contributed by atoms with Gasteiger partial charge in [-0.3, -0.25) is 24.0 Å². The number of carbonyl (C=O) groups is 3. The van der Waals surface area contributed by atoms with Crippen molar-refractivity contribution in [2.24, 2.45) is 17.6 Å². The number of aromatic nitrogens is 1. The molecule has 0 radical (unpaired) electrons. The van der Waals surface area contributed by atoms with Gasteiger partial charge < -0.3 is 49.4 Å². The third-order valence-corrected chi connectivity index (χ3v) is 59.5. The van der Waals surface area contributed by atoms with Gasteiger partial charge in [0, 0.05) is 93.5 Å². The lowest BCUT2D eigenvalue weighted by Gasteiger charge is -2.40. The van der Waals surface area contributed by atoms with E-state index in [0.29, 0.717) is 38.5 Å². The van der Waals surface area contributed by atoms with Crippen molar-refractivity contribution in [3.63, 3.8) is 0 Å². The number of ketones is 2. The van der Waals surface area contributed by atoms with Crippen LogP contribution in [0.1, 0.15) is 120 Å². The van der Waals surface area contributed by atoms with Crippen LogP contribution in [0.15, 0.2) is 124 Å². The van der Waals surface area contributed by atoms with Gasteiger partial charge in [-0.1, -0.05) is 94.6 Å². The number of aliphatic hydroxyl groups excluding tert-OH is 2. The van der Waals surface area contributed by atoms with Crippen LogP contribution in [0.3, 0.4) is 0 Å². The van der Waals surface area contributed by atoms with Crippen LogP contribution < -0.4 is 31.4 Å². The van der Waals surface area contributed by atoms with E-state index in [4.69, 9.17) is 29.5 Å². The second-order valence-corrected chi connectivity index (χ2v) is 53.0. The zero-order chi connectivity index (χ0) is 66.0. The minimum absolute atomic E-state index is 0.00685. The van der Waals surface area contributed by atoms with Crippen LogP contribution in [-0.4, -0.2) is 87.7 Å². The Labute approximate surface area is 539 Å². The molecular weight excluding hydrogens is 1330 g/mol. The molecule has 0 saturated heterocycles. The van der Waals surface area contributed by atoms with E-state index in [0.717, 1.165) is 62.6 Å². The van der Waals surface area contributed by atoms with E-state index in [1.807, 2.05) is 74.5 Å². The lowest BCUT2D eigenvalue weighted by Crippen LogP contribution is -2.52. The van der Waals surface area contributed by atoms with Crippen LogP contribution in [0.4, 0.5) is 17.6 Å². The van der Waals surface area contributed by atoms with Crippen molar-refractivity contribution in [3.05, 3.63) is 198 Å². The number of benzene rings is 4. The predicted octanol–water partition coefficient (Wildman–Crippen LogP) is 13.4. The molecule has 15 nitrogen and oxygen atoms in total. The largest absolute Gasteiger partial charge is 0.483 e. The summed E-state index contributed by atoms with van der Waals surface area (Å²) in [6.45, 7) is 12.2. The smallest absolute Gasteiger partial charge is 0.274 e. The van der Waals surface area contributed by atoms with Crippen LogP contribution in [0.25, 0.3) is 0 Å². The Morgan fingerprint density at radius 2 is 1.26 bits per heavy atom. The third-order valence-electron chi connectivity index (χ3n) is 15.3. The van der Waals surface area contributed by atoms with E-state index in [-0.39, 0.29) is 141 Å². The number of ether oxygens (including phenoxy) is 3. The quantitative estimate of drug-likeness (QED) is 0.0226. The molecule has 1 spiro atoms. The maximum atomic E-state index is 14.2. The van der Waals surface area contributed by atoms with Crippen molar-refractivity contribution in [1.29, 1.82) is 0 Å². The summed E-state index contributed by atoms with van der Waals surface area (Å²) in [5, 5.41) is 22.1. The second-order valence-electron chi connectivity index (χ2n) is 22.4.